The van der Waals surface area contributed by atoms with E-state index in [4.69, 9.17) is 4.74 Å². The van der Waals surface area contributed by atoms with Crippen molar-refractivity contribution in [2.75, 3.05) is 6.54 Å². The summed E-state index contributed by atoms with van der Waals surface area (Å²) in [5.74, 6) is -2.06. The van der Waals surface area contributed by atoms with Gasteiger partial charge in [0.05, 0.1) is 0 Å². The highest BCUT2D eigenvalue weighted by Gasteiger charge is 2.42. The average molecular weight is 384 g/mol. The van der Waals surface area contributed by atoms with Gasteiger partial charge < -0.3 is 10.1 Å². The maximum atomic E-state index is 13.9. The van der Waals surface area contributed by atoms with Crippen LogP contribution >= 0.6 is 0 Å². The van der Waals surface area contributed by atoms with Crippen LogP contribution in [-0.4, -0.2) is 49.3 Å². The fourth-order valence-electron chi connectivity index (χ4n) is 2.90. The summed E-state index contributed by atoms with van der Waals surface area (Å²) >= 11 is 0. The van der Waals surface area contributed by atoms with E-state index in [1.165, 1.54) is 19.1 Å². The Morgan fingerprint density at radius 1 is 1.27 bits per heavy atom. The molecule has 1 heterocycles. The molecule has 26 heavy (non-hydrogen) atoms. The van der Waals surface area contributed by atoms with E-state index in [1.807, 2.05) is 0 Å². The average Bonchev–Trinajstić information content (AvgIpc) is 3.25. The lowest BCUT2D eigenvalue weighted by Crippen LogP contribution is -2.44. The molecule has 7 nitrogen and oxygen atoms in total. The minimum absolute atomic E-state index is 0.0963. The van der Waals surface area contributed by atoms with Crippen LogP contribution in [-0.2, 0) is 24.3 Å². The number of rotatable bonds is 6. The Morgan fingerprint density at radius 3 is 2.62 bits per heavy atom. The molecule has 1 aliphatic heterocycles. The second-order valence-corrected chi connectivity index (χ2v) is 8.43. The number of hydrogen-bond acceptors (Lipinski definition) is 5. The zero-order chi connectivity index (χ0) is 18.9. The van der Waals surface area contributed by atoms with Gasteiger partial charge in [0.25, 0.3) is 5.91 Å². The van der Waals surface area contributed by atoms with Crippen LogP contribution in [0.1, 0.15) is 32.6 Å². The predicted molar refractivity (Wildman–Crippen MR) is 90.0 cm³/mol. The first-order chi connectivity index (χ1) is 12.3. The van der Waals surface area contributed by atoms with E-state index in [0.29, 0.717) is 6.42 Å². The van der Waals surface area contributed by atoms with Crippen LogP contribution in [0.2, 0.25) is 0 Å². The van der Waals surface area contributed by atoms with Gasteiger partial charge in [0.1, 0.15) is 16.8 Å². The minimum Gasteiger partial charge on any atom is -0.451 e. The lowest BCUT2D eigenvalue weighted by molar-refractivity contribution is -0.157. The Labute approximate surface area is 151 Å². The van der Waals surface area contributed by atoms with E-state index >= 15 is 0 Å². The van der Waals surface area contributed by atoms with Crippen molar-refractivity contribution in [2.24, 2.45) is 0 Å². The van der Waals surface area contributed by atoms with E-state index in [9.17, 15) is 22.4 Å². The molecule has 1 aliphatic carbocycles. The second kappa shape index (κ2) is 7.32. The van der Waals surface area contributed by atoms with Crippen molar-refractivity contribution >= 4 is 21.9 Å². The van der Waals surface area contributed by atoms with Gasteiger partial charge in [-0.3, -0.25) is 9.59 Å². The maximum Gasteiger partial charge on any atom is 0.325 e. The SMILES string of the molecule is C[C@H](OC(=O)[C@@H]1CCCN1S(=O)(=O)c1ccccc1F)C(=O)NC1CC1. The molecule has 9 heteroatoms. The lowest BCUT2D eigenvalue weighted by Gasteiger charge is -2.24. The Bertz CT molecular complexity index is 809. The molecule has 1 saturated heterocycles. The molecule has 1 aromatic rings. The number of sulfonamides is 1. The molecule has 0 unspecified atom stereocenters. The van der Waals surface area contributed by atoms with E-state index < -0.39 is 44.8 Å². The largest absolute Gasteiger partial charge is 0.451 e. The van der Waals surface area contributed by atoms with E-state index in [0.717, 1.165) is 29.3 Å². The quantitative estimate of drug-likeness (QED) is 0.744. The highest BCUT2D eigenvalue weighted by atomic mass is 32.2. The van der Waals surface area contributed by atoms with Gasteiger partial charge in [-0.2, -0.15) is 4.31 Å². The van der Waals surface area contributed by atoms with Crippen molar-refractivity contribution in [3.8, 4) is 0 Å². The van der Waals surface area contributed by atoms with Crippen molar-refractivity contribution in [1.82, 2.24) is 9.62 Å². The van der Waals surface area contributed by atoms with Crippen molar-refractivity contribution in [3.05, 3.63) is 30.1 Å². The van der Waals surface area contributed by atoms with Gasteiger partial charge in [-0.1, -0.05) is 12.1 Å². The van der Waals surface area contributed by atoms with Gasteiger partial charge in [0.15, 0.2) is 6.10 Å². The summed E-state index contributed by atoms with van der Waals surface area (Å²) in [6.07, 6.45) is 1.52. The van der Waals surface area contributed by atoms with Gasteiger partial charge in [0.2, 0.25) is 10.0 Å². The molecule has 2 aliphatic rings. The van der Waals surface area contributed by atoms with Gasteiger partial charge in [-0.25, -0.2) is 12.8 Å². The molecule has 1 aromatic carbocycles. The van der Waals surface area contributed by atoms with Crippen LogP contribution in [0.4, 0.5) is 4.39 Å². The molecule has 2 fully saturated rings. The Hall–Kier alpha value is -2.00. The van der Waals surface area contributed by atoms with E-state index in [2.05, 4.69) is 5.32 Å². The highest BCUT2D eigenvalue weighted by molar-refractivity contribution is 7.89. The Morgan fingerprint density at radius 2 is 1.96 bits per heavy atom. The number of carbonyl (C=O) groups excluding carboxylic acids is 2. The smallest absolute Gasteiger partial charge is 0.325 e. The summed E-state index contributed by atoms with van der Waals surface area (Å²) in [4.78, 5) is 23.9. The Kier molecular flexibility index (Phi) is 5.29. The van der Waals surface area contributed by atoms with Crippen LogP contribution in [0.5, 0.6) is 0 Å². The first-order valence-electron chi connectivity index (χ1n) is 8.58. The summed E-state index contributed by atoms with van der Waals surface area (Å²) < 4.78 is 45.5. The molecule has 3 rings (SSSR count). The third kappa shape index (κ3) is 3.88. The first kappa shape index (κ1) is 18.8. The van der Waals surface area contributed by atoms with Crippen LogP contribution < -0.4 is 5.32 Å². The molecule has 0 spiro atoms. The molecule has 142 valence electrons. The number of benzene rings is 1. The van der Waals surface area contributed by atoms with Crippen LogP contribution in [0.25, 0.3) is 0 Å². The van der Waals surface area contributed by atoms with Crippen LogP contribution in [0, 0.1) is 5.82 Å². The summed E-state index contributed by atoms with van der Waals surface area (Å²) in [5, 5.41) is 2.73. The second-order valence-electron chi connectivity index (χ2n) is 6.57. The predicted octanol–water partition coefficient (Wildman–Crippen LogP) is 1.19. The van der Waals surface area contributed by atoms with Gasteiger partial charge >= 0.3 is 5.97 Å². The molecule has 1 N–H and O–H groups in total. The normalized spacial score (nSPS) is 22.0. The fraction of sp³-hybridized carbons (Fsp3) is 0.529. The number of esters is 1. The summed E-state index contributed by atoms with van der Waals surface area (Å²) in [6, 6.07) is 4.11. The molecule has 0 aromatic heterocycles. The highest BCUT2D eigenvalue weighted by Crippen LogP contribution is 2.28. The molecular formula is C17H21FN2O5S. The fourth-order valence-corrected chi connectivity index (χ4v) is 4.61. The third-order valence-electron chi connectivity index (χ3n) is 4.48. The van der Waals surface area contributed by atoms with Gasteiger partial charge in [-0.05, 0) is 44.7 Å². The number of nitrogens with zero attached hydrogens (tertiary/aromatic N) is 1. The lowest BCUT2D eigenvalue weighted by atomic mass is 10.2. The van der Waals surface area contributed by atoms with E-state index in [-0.39, 0.29) is 19.0 Å². The molecule has 1 amide bonds. The van der Waals surface area contributed by atoms with Crippen molar-refractivity contribution in [2.45, 2.75) is 55.7 Å². The molecule has 0 bridgehead atoms. The Balaban J connectivity index is 1.72. The topological polar surface area (TPSA) is 92.8 Å². The molecule has 0 radical (unpaired) electrons. The zero-order valence-corrected chi connectivity index (χ0v) is 15.2. The van der Waals surface area contributed by atoms with Crippen molar-refractivity contribution in [1.29, 1.82) is 0 Å². The third-order valence-corrected chi connectivity index (χ3v) is 6.43. The summed E-state index contributed by atoms with van der Waals surface area (Å²) in [5.41, 5.74) is 0. The first-order valence-corrected chi connectivity index (χ1v) is 10.0. The van der Waals surface area contributed by atoms with Crippen molar-refractivity contribution in [3.63, 3.8) is 0 Å². The molecule has 1 saturated carbocycles. The summed E-state index contributed by atoms with van der Waals surface area (Å²) in [6.45, 7) is 1.54. The number of ether oxygens (including phenoxy) is 1. The number of carbonyl (C=O) groups is 2. The number of hydrogen-bond donors (Lipinski definition) is 1. The monoisotopic (exact) mass is 384 g/mol. The molecular weight excluding hydrogens is 363 g/mol. The minimum atomic E-state index is -4.17. The summed E-state index contributed by atoms with van der Waals surface area (Å²) in [7, 11) is -4.17. The maximum absolute atomic E-state index is 13.9. The van der Waals surface area contributed by atoms with Gasteiger partial charge in [0, 0.05) is 12.6 Å². The number of nitrogens with one attached hydrogen (secondary N) is 1. The standard InChI is InChI=1S/C17H21FN2O5S/c1-11(16(21)19-12-8-9-12)25-17(22)14-6-4-10-20(14)26(23,24)15-7-3-2-5-13(15)18/h2-3,5,7,11-12,14H,4,6,8-10H2,1H3,(H,19,21)/t11-,14-/m0/s1. The van der Waals surface area contributed by atoms with Crippen molar-refractivity contribution < 1.29 is 27.1 Å². The molecule has 2 atom stereocenters. The van der Waals surface area contributed by atoms with Crippen LogP contribution in [0.3, 0.4) is 0 Å². The number of halogens is 1. The van der Waals surface area contributed by atoms with Gasteiger partial charge in [-0.15, -0.1) is 0 Å². The number of amides is 1. The van der Waals surface area contributed by atoms with Crippen LogP contribution in [0.15, 0.2) is 29.2 Å². The van der Waals surface area contributed by atoms with E-state index in [1.54, 1.807) is 0 Å². The zero-order valence-electron chi connectivity index (χ0n) is 14.4.